The van der Waals surface area contributed by atoms with Gasteiger partial charge in [0.15, 0.2) is 5.69 Å². The van der Waals surface area contributed by atoms with Crippen LogP contribution in [0.3, 0.4) is 0 Å². The number of hydrogen-bond donors (Lipinski definition) is 1. The van der Waals surface area contributed by atoms with Crippen LogP contribution in [-0.2, 0) is 6.54 Å². The minimum Gasteiger partial charge on any atom is -0.326 e. The van der Waals surface area contributed by atoms with Crippen LogP contribution >= 0.6 is 49.9 Å². The van der Waals surface area contributed by atoms with Crippen molar-refractivity contribution in [3.05, 3.63) is 110 Å². The van der Waals surface area contributed by atoms with Crippen molar-refractivity contribution in [2.24, 2.45) is 5.73 Å². The van der Waals surface area contributed by atoms with Crippen molar-refractivity contribution in [2.75, 3.05) is 0 Å². The molecule has 0 unspecified atom stereocenters. The second-order valence-electron chi connectivity index (χ2n) is 6.85. The van der Waals surface area contributed by atoms with Crippen molar-refractivity contribution >= 4 is 85.9 Å². The minimum atomic E-state index is 0.633. The molecule has 0 spiro atoms. The summed E-state index contributed by atoms with van der Waals surface area (Å²) in [5, 5.41) is 10.1. The molecule has 3 heterocycles. The van der Waals surface area contributed by atoms with Crippen molar-refractivity contribution in [3.63, 3.8) is 0 Å². The fraction of sp³-hybridized carbons (Fsp3) is 0.0385. The molecule has 0 atom stereocenters. The Kier molecular flexibility index (Phi) is 7.69. The third-order valence-electron chi connectivity index (χ3n) is 4.74. The Balaban J connectivity index is 0.000000115. The molecule has 0 amide bonds. The summed E-state index contributed by atoms with van der Waals surface area (Å²) in [5.74, 6) is 0. The second-order valence-corrected chi connectivity index (χ2v) is 10.6. The zero-order valence-corrected chi connectivity index (χ0v) is 21.0. The van der Waals surface area contributed by atoms with Gasteiger partial charge in [0.25, 0.3) is 0 Å². The molecule has 2 N–H and O–H groups in total. The third-order valence-corrected chi connectivity index (χ3v) is 7.88. The molecule has 0 bridgehead atoms. The van der Waals surface area contributed by atoms with Gasteiger partial charge in [0.1, 0.15) is 0 Å². The Labute approximate surface area is 207 Å². The molecule has 32 heavy (non-hydrogen) atoms. The van der Waals surface area contributed by atoms with Gasteiger partial charge in [-0.15, -0.1) is 34.0 Å². The van der Waals surface area contributed by atoms with Gasteiger partial charge < -0.3 is 5.73 Å². The lowest BCUT2D eigenvalue weighted by molar-refractivity contribution is 1.08. The van der Waals surface area contributed by atoms with Gasteiger partial charge in [0.05, 0.1) is 6.57 Å². The molecular formula is C26H19BrN2S3. The summed E-state index contributed by atoms with van der Waals surface area (Å²) in [6.45, 7) is 7.43. The van der Waals surface area contributed by atoms with Gasteiger partial charge in [-0.3, -0.25) is 0 Å². The normalized spacial score (nSPS) is 10.3. The summed E-state index contributed by atoms with van der Waals surface area (Å²) in [7, 11) is 0. The van der Waals surface area contributed by atoms with E-state index in [1.807, 2.05) is 23.6 Å². The van der Waals surface area contributed by atoms with E-state index in [2.05, 4.69) is 86.1 Å². The molecule has 2 nitrogen and oxygen atoms in total. The van der Waals surface area contributed by atoms with E-state index in [1.54, 1.807) is 34.0 Å². The van der Waals surface area contributed by atoms with E-state index in [-0.39, 0.29) is 0 Å². The summed E-state index contributed by atoms with van der Waals surface area (Å²) in [6, 6.07) is 24.8. The summed E-state index contributed by atoms with van der Waals surface area (Å²) < 4.78 is 5.02. The van der Waals surface area contributed by atoms with Gasteiger partial charge in [-0.2, -0.15) is 0 Å². The zero-order chi connectivity index (χ0) is 22.3. The van der Waals surface area contributed by atoms with Gasteiger partial charge in [0, 0.05) is 25.1 Å². The lowest BCUT2D eigenvalue weighted by Gasteiger charge is -1.94. The van der Waals surface area contributed by atoms with E-state index >= 15 is 0 Å². The molecule has 0 saturated heterocycles. The summed E-state index contributed by atoms with van der Waals surface area (Å²) in [6.07, 6.45) is 0. The number of halogens is 1. The summed E-state index contributed by atoms with van der Waals surface area (Å²) in [5.41, 5.74) is 7.44. The molecule has 158 valence electrons. The summed E-state index contributed by atoms with van der Waals surface area (Å²) in [4.78, 5) is 3.36. The maximum absolute atomic E-state index is 6.80. The zero-order valence-electron chi connectivity index (χ0n) is 17.0. The molecule has 0 aliphatic heterocycles. The molecule has 0 saturated carbocycles. The van der Waals surface area contributed by atoms with Crippen LogP contribution in [0.5, 0.6) is 0 Å². The van der Waals surface area contributed by atoms with E-state index in [9.17, 15) is 0 Å². The number of thiophene rings is 3. The van der Waals surface area contributed by atoms with Crippen molar-refractivity contribution in [3.8, 4) is 0 Å². The maximum Gasteiger partial charge on any atom is 0.188 e. The van der Waals surface area contributed by atoms with Crippen LogP contribution in [0.2, 0.25) is 0 Å². The molecular weight excluding hydrogens is 516 g/mol. The highest BCUT2D eigenvalue weighted by Gasteiger charge is 1.96. The van der Waals surface area contributed by atoms with Crippen LogP contribution in [-0.4, -0.2) is 0 Å². The average Bonchev–Trinajstić information content (AvgIpc) is 3.58. The SMILES string of the molecule is Brc1ccc2ccsc2c1.NCc1ccc2ccsc2c1.[C-]#[N+]c1ccc2ccsc2c1. The number of rotatable bonds is 1. The molecule has 0 fully saturated rings. The molecule has 3 aromatic heterocycles. The van der Waals surface area contributed by atoms with Gasteiger partial charge in [-0.1, -0.05) is 46.3 Å². The first kappa shape index (κ1) is 22.7. The van der Waals surface area contributed by atoms with Gasteiger partial charge in [-0.25, -0.2) is 4.85 Å². The van der Waals surface area contributed by atoms with E-state index in [0.717, 1.165) is 10.2 Å². The van der Waals surface area contributed by atoms with Crippen molar-refractivity contribution in [1.82, 2.24) is 0 Å². The van der Waals surface area contributed by atoms with Gasteiger partial charge in [-0.05, 0) is 80.3 Å². The lowest BCUT2D eigenvalue weighted by atomic mass is 10.2. The fourth-order valence-electron chi connectivity index (χ4n) is 3.07. The molecule has 0 aliphatic carbocycles. The van der Waals surface area contributed by atoms with Crippen LogP contribution in [0.1, 0.15) is 5.56 Å². The first-order valence-electron chi connectivity index (χ1n) is 9.80. The van der Waals surface area contributed by atoms with Crippen molar-refractivity contribution < 1.29 is 0 Å². The second kappa shape index (κ2) is 10.9. The number of nitrogens with two attached hydrogens (primary N) is 1. The van der Waals surface area contributed by atoms with Crippen molar-refractivity contribution in [1.29, 1.82) is 0 Å². The quantitative estimate of drug-likeness (QED) is 0.209. The largest absolute Gasteiger partial charge is 0.326 e. The monoisotopic (exact) mass is 534 g/mol. The number of nitrogens with zero attached hydrogens (tertiary/aromatic N) is 1. The van der Waals surface area contributed by atoms with Gasteiger partial charge in [0.2, 0.25) is 0 Å². The Hall–Kier alpha value is -2.53. The molecule has 6 heteroatoms. The molecule has 0 radical (unpaired) electrons. The van der Waals surface area contributed by atoms with Crippen LogP contribution < -0.4 is 5.73 Å². The van der Waals surface area contributed by atoms with Crippen molar-refractivity contribution in [2.45, 2.75) is 6.54 Å². The number of benzene rings is 3. The average molecular weight is 536 g/mol. The van der Waals surface area contributed by atoms with Crippen LogP contribution in [0, 0.1) is 6.57 Å². The predicted molar refractivity (Wildman–Crippen MR) is 147 cm³/mol. The topological polar surface area (TPSA) is 30.4 Å². The number of hydrogen-bond acceptors (Lipinski definition) is 4. The van der Waals surface area contributed by atoms with E-state index in [1.165, 1.54) is 35.8 Å². The smallest absolute Gasteiger partial charge is 0.188 e. The Morgan fingerprint density at radius 3 is 1.81 bits per heavy atom. The van der Waals surface area contributed by atoms with E-state index < -0.39 is 0 Å². The Morgan fingerprint density at radius 2 is 1.22 bits per heavy atom. The van der Waals surface area contributed by atoms with Crippen LogP contribution in [0.15, 0.2) is 93.4 Å². The standard InChI is InChI=1S/C9H5NS.C9H9NS.C8H5BrS/c1-10-8-3-2-7-4-5-11-9(7)6-8;10-6-7-1-2-8-3-4-11-9(8)5-7;9-7-2-1-6-3-4-10-8(6)5-7/h2-6H;1-5H,6,10H2;1-5H. The molecule has 6 aromatic rings. The van der Waals surface area contributed by atoms with Crippen LogP contribution in [0.4, 0.5) is 5.69 Å². The first-order valence-corrected chi connectivity index (χ1v) is 13.2. The first-order chi connectivity index (χ1) is 15.7. The predicted octanol–water partition coefficient (Wildman–Crippen LogP) is 9.48. The minimum absolute atomic E-state index is 0.633. The van der Waals surface area contributed by atoms with E-state index in [4.69, 9.17) is 12.3 Å². The summed E-state index contributed by atoms with van der Waals surface area (Å²) >= 11 is 8.63. The lowest BCUT2D eigenvalue weighted by Crippen LogP contribution is -1.94. The van der Waals surface area contributed by atoms with Crippen LogP contribution in [0.25, 0.3) is 35.1 Å². The number of fused-ring (bicyclic) bond motifs is 3. The fourth-order valence-corrected chi connectivity index (χ4v) is 6.08. The Morgan fingerprint density at radius 1 is 0.688 bits per heavy atom. The van der Waals surface area contributed by atoms with Gasteiger partial charge >= 0.3 is 0 Å². The Bertz CT molecular complexity index is 1500. The molecule has 3 aromatic carbocycles. The maximum atomic E-state index is 6.80. The molecule has 0 aliphatic rings. The van der Waals surface area contributed by atoms with E-state index in [0.29, 0.717) is 6.54 Å². The third kappa shape index (κ3) is 5.63. The molecule has 6 rings (SSSR count). The highest BCUT2D eigenvalue weighted by atomic mass is 79.9. The highest BCUT2D eigenvalue weighted by molar-refractivity contribution is 9.10. The highest BCUT2D eigenvalue weighted by Crippen LogP contribution is 2.26.